The summed E-state index contributed by atoms with van der Waals surface area (Å²) in [7, 11) is 0. The summed E-state index contributed by atoms with van der Waals surface area (Å²) in [5, 5.41) is 0. The molecule has 1 aliphatic heterocycles. The van der Waals surface area contributed by atoms with Gasteiger partial charge in [-0.25, -0.2) is 4.39 Å². The van der Waals surface area contributed by atoms with E-state index in [1.165, 1.54) is 6.07 Å². The Labute approximate surface area is 116 Å². The quantitative estimate of drug-likeness (QED) is 0.907. The Bertz CT molecular complexity index is 368. The summed E-state index contributed by atoms with van der Waals surface area (Å²) in [6.45, 7) is 2.61. The standard InChI is InChI=1S/C12H16BrFN2.ClH/c13-10-1-2-12(14)9(7-10)8-16-5-3-11(15)4-6-16;/h1-2,7,11H,3-6,8,15H2;1H. The van der Waals surface area contributed by atoms with Gasteiger partial charge in [-0.3, -0.25) is 4.90 Å². The molecule has 0 unspecified atom stereocenters. The number of hydrogen-bond donors (Lipinski definition) is 1. The average molecular weight is 324 g/mol. The van der Waals surface area contributed by atoms with E-state index in [4.69, 9.17) is 5.73 Å². The molecular formula is C12H17BrClFN2. The smallest absolute Gasteiger partial charge is 0.127 e. The fourth-order valence-electron chi connectivity index (χ4n) is 2.02. The molecule has 0 atom stereocenters. The second-order valence-electron chi connectivity index (χ2n) is 4.35. The fraction of sp³-hybridized carbons (Fsp3) is 0.500. The summed E-state index contributed by atoms with van der Waals surface area (Å²) in [4.78, 5) is 2.26. The third kappa shape index (κ3) is 4.21. The normalized spacial score (nSPS) is 17.8. The Morgan fingerprint density at radius 3 is 2.65 bits per heavy atom. The maximum Gasteiger partial charge on any atom is 0.127 e. The third-order valence-corrected chi connectivity index (χ3v) is 3.53. The number of benzene rings is 1. The zero-order valence-electron chi connectivity index (χ0n) is 9.53. The van der Waals surface area contributed by atoms with Gasteiger partial charge in [0.05, 0.1) is 0 Å². The molecule has 0 saturated carbocycles. The van der Waals surface area contributed by atoms with Crippen molar-refractivity contribution in [3.05, 3.63) is 34.1 Å². The monoisotopic (exact) mass is 322 g/mol. The van der Waals surface area contributed by atoms with Crippen LogP contribution in [0.4, 0.5) is 4.39 Å². The van der Waals surface area contributed by atoms with Gasteiger partial charge in [-0.15, -0.1) is 12.4 Å². The Kier molecular flexibility index (Phi) is 5.86. The van der Waals surface area contributed by atoms with Crippen LogP contribution in [-0.2, 0) is 6.54 Å². The van der Waals surface area contributed by atoms with Crippen molar-refractivity contribution < 1.29 is 4.39 Å². The topological polar surface area (TPSA) is 29.3 Å². The molecule has 0 radical (unpaired) electrons. The summed E-state index contributed by atoms with van der Waals surface area (Å²) >= 11 is 3.37. The van der Waals surface area contributed by atoms with Crippen LogP contribution in [0.2, 0.25) is 0 Å². The lowest BCUT2D eigenvalue weighted by Crippen LogP contribution is -2.39. The van der Waals surface area contributed by atoms with Crippen LogP contribution in [0.1, 0.15) is 18.4 Å². The molecule has 1 saturated heterocycles. The number of rotatable bonds is 2. The minimum absolute atomic E-state index is 0. The lowest BCUT2D eigenvalue weighted by molar-refractivity contribution is 0.203. The van der Waals surface area contributed by atoms with Gasteiger partial charge in [0.2, 0.25) is 0 Å². The maximum atomic E-state index is 13.5. The minimum atomic E-state index is -0.127. The zero-order valence-corrected chi connectivity index (χ0v) is 11.9. The molecule has 0 aromatic heterocycles. The summed E-state index contributed by atoms with van der Waals surface area (Å²) < 4.78 is 14.5. The lowest BCUT2D eigenvalue weighted by atomic mass is 10.1. The van der Waals surface area contributed by atoms with E-state index in [-0.39, 0.29) is 18.2 Å². The van der Waals surface area contributed by atoms with Crippen LogP contribution in [0, 0.1) is 5.82 Å². The van der Waals surface area contributed by atoms with E-state index in [9.17, 15) is 4.39 Å². The Morgan fingerprint density at radius 2 is 2.00 bits per heavy atom. The Morgan fingerprint density at radius 1 is 1.35 bits per heavy atom. The Hall–Kier alpha value is -0.160. The first-order valence-electron chi connectivity index (χ1n) is 5.57. The lowest BCUT2D eigenvalue weighted by Gasteiger charge is -2.30. The molecule has 1 aromatic rings. The van der Waals surface area contributed by atoms with Crippen LogP contribution in [0.5, 0.6) is 0 Å². The summed E-state index contributed by atoms with van der Waals surface area (Å²) in [6.07, 6.45) is 2.02. The van der Waals surface area contributed by atoms with E-state index in [0.717, 1.165) is 36.0 Å². The van der Waals surface area contributed by atoms with Gasteiger partial charge in [0.1, 0.15) is 5.82 Å². The zero-order chi connectivity index (χ0) is 11.5. The van der Waals surface area contributed by atoms with Gasteiger partial charge in [0.15, 0.2) is 0 Å². The van der Waals surface area contributed by atoms with E-state index >= 15 is 0 Å². The van der Waals surface area contributed by atoms with Crippen LogP contribution in [0.25, 0.3) is 0 Å². The number of likely N-dealkylation sites (tertiary alicyclic amines) is 1. The van der Waals surface area contributed by atoms with Crippen molar-refractivity contribution in [3.8, 4) is 0 Å². The predicted molar refractivity (Wildman–Crippen MR) is 73.8 cm³/mol. The van der Waals surface area contributed by atoms with Gasteiger partial charge >= 0.3 is 0 Å². The molecule has 0 amide bonds. The van der Waals surface area contributed by atoms with E-state index in [1.54, 1.807) is 6.07 Å². The van der Waals surface area contributed by atoms with Crippen LogP contribution >= 0.6 is 28.3 Å². The minimum Gasteiger partial charge on any atom is -0.328 e. The van der Waals surface area contributed by atoms with Crippen LogP contribution in [0.15, 0.2) is 22.7 Å². The van der Waals surface area contributed by atoms with Crippen LogP contribution < -0.4 is 5.73 Å². The number of nitrogens with zero attached hydrogens (tertiary/aromatic N) is 1. The molecule has 17 heavy (non-hydrogen) atoms. The highest BCUT2D eigenvalue weighted by atomic mass is 79.9. The number of hydrogen-bond acceptors (Lipinski definition) is 2. The van der Waals surface area contributed by atoms with E-state index in [1.807, 2.05) is 6.07 Å². The number of piperidine rings is 1. The molecule has 0 aliphatic carbocycles. The van der Waals surface area contributed by atoms with Gasteiger partial charge < -0.3 is 5.73 Å². The summed E-state index contributed by atoms with van der Waals surface area (Å²) in [5.74, 6) is -0.127. The van der Waals surface area contributed by atoms with Gasteiger partial charge in [-0.05, 0) is 44.1 Å². The van der Waals surface area contributed by atoms with Gasteiger partial charge in [0.25, 0.3) is 0 Å². The average Bonchev–Trinajstić information content (AvgIpc) is 2.27. The SMILES string of the molecule is Cl.NC1CCN(Cc2cc(Br)ccc2F)CC1. The number of halogens is 3. The van der Waals surface area contributed by atoms with E-state index in [0.29, 0.717) is 12.6 Å². The molecule has 2 N–H and O–H groups in total. The second-order valence-corrected chi connectivity index (χ2v) is 5.26. The first-order chi connectivity index (χ1) is 7.65. The van der Waals surface area contributed by atoms with Crippen molar-refractivity contribution in [2.24, 2.45) is 5.73 Å². The van der Waals surface area contributed by atoms with Gasteiger partial charge in [0, 0.05) is 22.6 Å². The van der Waals surface area contributed by atoms with E-state index in [2.05, 4.69) is 20.8 Å². The molecule has 5 heteroatoms. The first kappa shape index (κ1) is 14.9. The molecule has 0 bridgehead atoms. The van der Waals surface area contributed by atoms with Crippen LogP contribution in [0.3, 0.4) is 0 Å². The first-order valence-corrected chi connectivity index (χ1v) is 6.36. The molecule has 1 heterocycles. The predicted octanol–water partition coefficient (Wildman–Crippen LogP) is 2.93. The molecule has 1 aliphatic rings. The third-order valence-electron chi connectivity index (χ3n) is 3.03. The molecular weight excluding hydrogens is 307 g/mol. The molecule has 1 fully saturated rings. The van der Waals surface area contributed by atoms with Crippen molar-refractivity contribution in [3.63, 3.8) is 0 Å². The molecule has 0 spiro atoms. The van der Waals surface area contributed by atoms with Crippen molar-refractivity contribution in [2.45, 2.75) is 25.4 Å². The second kappa shape index (κ2) is 6.69. The van der Waals surface area contributed by atoms with E-state index < -0.39 is 0 Å². The number of nitrogens with two attached hydrogens (primary N) is 1. The molecule has 2 rings (SSSR count). The van der Waals surface area contributed by atoms with Crippen molar-refractivity contribution in [1.29, 1.82) is 0 Å². The highest BCUT2D eigenvalue weighted by molar-refractivity contribution is 9.10. The molecule has 96 valence electrons. The highest BCUT2D eigenvalue weighted by Gasteiger charge is 2.17. The summed E-state index contributed by atoms with van der Waals surface area (Å²) in [6, 6.07) is 5.41. The van der Waals surface area contributed by atoms with Crippen molar-refractivity contribution >= 4 is 28.3 Å². The van der Waals surface area contributed by atoms with Crippen molar-refractivity contribution in [1.82, 2.24) is 4.90 Å². The van der Waals surface area contributed by atoms with Gasteiger partial charge in [-0.2, -0.15) is 0 Å². The highest BCUT2D eigenvalue weighted by Crippen LogP contribution is 2.19. The van der Waals surface area contributed by atoms with Gasteiger partial charge in [-0.1, -0.05) is 15.9 Å². The summed E-state index contributed by atoms with van der Waals surface area (Å²) in [5.41, 5.74) is 6.59. The molecule has 2 nitrogen and oxygen atoms in total. The van der Waals surface area contributed by atoms with Crippen molar-refractivity contribution in [2.75, 3.05) is 13.1 Å². The fourth-order valence-corrected chi connectivity index (χ4v) is 2.42. The largest absolute Gasteiger partial charge is 0.328 e. The molecule has 1 aromatic carbocycles. The Balaban J connectivity index is 0.00000144. The maximum absolute atomic E-state index is 13.5. The van der Waals surface area contributed by atoms with Crippen LogP contribution in [-0.4, -0.2) is 24.0 Å².